The Morgan fingerprint density at radius 3 is 2.00 bits per heavy atom. The maximum atomic E-state index is 12.7. The molecule has 0 heterocycles. The maximum absolute atomic E-state index is 12.7. The molecule has 0 saturated carbocycles. The van der Waals surface area contributed by atoms with Crippen molar-refractivity contribution < 1.29 is 14.3 Å². The molecule has 3 heteroatoms. The Morgan fingerprint density at radius 2 is 1.35 bits per heavy atom. The van der Waals surface area contributed by atoms with Crippen LogP contribution in [-0.2, 0) is 11.2 Å². The predicted octanol–water partition coefficient (Wildman–Crippen LogP) is 8.78. The van der Waals surface area contributed by atoms with Gasteiger partial charge in [0.15, 0.2) is 0 Å². The lowest BCUT2D eigenvalue weighted by molar-refractivity contribution is 0.0422. The van der Waals surface area contributed by atoms with Gasteiger partial charge in [-0.2, -0.15) is 0 Å². The SMILES string of the molecule is CCCCCCCCC(CCCCCC)COC(=O)c1ccc(Cc2ccccc2OC)cc1. The number of esters is 1. The standard InChI is InChI=1S/C31H46O3/c1-4-6-8-10-11-13-17-27(16-12-9-7-5-2)25-34-31(32)28-22-20-26(21-23-28)24-29-18-14-15-19-30(29)33-3/h14-15,18-23,27H,4-13,16-17,24-25H2,1-3H3. The molecule has 34 heavy (non-hydrogen) atoms. The van der Waals surface area contributed by atoms with Crippen LogP contribution in [0.1, 0.15) is 112 Å². The van der Waals surface area contributed by atoms with Crippen molar-refractivity contribution in [2.45, 2.75) is 97.3 Å². The number of rotatable bonds is 18. The summed E-state index contributed by atoms with van der Waals surface area (Å²) < 4.78 is 11.2. The van der Waals surface area contributed by atoms with Gasteiger partial charge >= 0.3 is 5.97 Å². The van der Waals surface area contributed by atoms with Gasteiger partial charge < -0.3 is 9.47 Å². The lowest BCUT2D eigenvalue weighted by Gasteiger charge is -2.17. The highest BCUT2D eigenvalue weighted by Crippen LogP contribution is 2.22. The summed E-state index contributed by atoms with van der Waals surface area (Å²) >= 11 is 0. The van der Waals surface area contributed by atoms with E-state index in [2.05, 4.69) is 19.9 Å². The van der Waals surface area contributed by atoms with E-state index >= 15 is 0 Å². The van der Waals surface area contributed by atoms with Crippen molar-refractivity contribution in [1.82, 2.24) is 0 Å². The minimum atomic E-state index is -0.203. The molecule has 0 aliphatic carbocycles. The van der Waals surface area contributed by atoms with Crippen molar-refractivity contribution in [2.24, 2.45) is 5.92 Å². The summed E-state index contributed by atoms with van der Waals surface area (Å²) in [6.45, 7) is 5.05. The first-order valence-electron chi connectivity index (χ1n) is 13.6. The molecule has 0 aliphatic heterocycles. The number of methoxy groups -OCH3 is 1. The van der Waals surface area contributed by atoms with E-state index in [1.807, 2.05) is 42.5 Å². The van der Waals surface area contributed by atoms with Gasteiger partial charge in [-0.05, 0) is 48.1 Å². The Labute approximate surface area is 208 Å². The molecule has 0 aromatic heterocycles. The van der Waals surface area contributed by atoms with Crippen molar-refractivity contribution in [3.8, 4) is 5.75 Å². The van der Waals surface area contributed by atoms with Crippen LogP contribution in [0.3, 0.4) is 0 Å². The Hall–Kier alpha value is -2.29. The zero-order valence-corrected chi connectivity index (χ0v) is 21.8. The zero-order valence-electron chi connectivity index (χ0n) is 21.8. The third-order valence-corrected chi connectivity index (χ3v) is 6.66. The molecule has 188 valence electrons. The normalized spacial score (nSPS) is 11.9. The molecule has 2 aromatic carbocycles. The van der Waals surface area contributed by atoms with E-state index in [0.29, 0.717) is 18.1 Å². The molecule has 0 aliphatic rings. The lowest BCUT2D eigenvalue weighted by Crippen LogP contribution is -2.15. The minimum absolute atomic E-state index is 0.203. The zero-order chi connectivity index (χ0) is 24.4. The van der Waals surface area contributed by atoms with Crippen molar-refractivity contribution >= 4 is 5.97 Å². The highest BCUT2D eigenvalue weighted by molar-refractivity contribution is 5.89. The summed E-state index contributed by atoms with van der Waals surface area (Å²) in [4.78, 5) is 12.7. The molecule has 0 fully saturated rings. The van der Waals surface area contributed by atoms with Crippen molar-refractivity contribution in [3.63, 3.8) is 0 Å². The smallest absolute Gasteiger partial charge is 0.338 e. The third kappa shape index (κ3) is 10.8. The molecule has 0 saturated heterocycles. The van der Waals surface area contributed by atoms with Gasteiger partial charge in [0.1, 0.15) is 5.75 Å². The summed E-state index contributed by atoms with van der Waals surface area (Å²) in [6, 6.07) is 15.9. The van der Waals surface area contributed by atoms with Crippen LogP contribution in [0.2, 0.25) is 0 Å². The van der Waals surface area contributed by atoms with Gasteiger partial charge in [-0.1, -0.05) is 108 Å². The number of ether oxygens (including phenoxy) is 2. The second-order valence-corrected chi connectivity index (χ2v) is 9.56. The van der Waals surface area contributed by atoms with Gasteiger partial charge in [0.05, 0.1) is 19.3 Å². The Balaban J connectivity index is 1.83. The van der Waals surface area contributed by atoms with E-state index in [1.165, 1.54) is 77.0 Å². The Kier molecular flexibility index (Phi) is 14.1. The fourth-order valence-corrected chi connectivity index (χ4v) is 4.49. The van der Waals surface area contributed by atoms with Crippen molar-refractivity contribution in [3.05, 3.63) is 65.2 Å². The molecule has 2 rings (SSSR count). The topological polar surface area (TPSA) is 35.5 Å². The summed E-state index contributed by atoms with van der Waals surface area (Å²) in [5.74, 6) is 1.17. The molecule has 1 unspecified atom stereocenters. The second-order valence-electron chi connectivity index (χ2n) is 9.56. The van der Waals surface area contributed by atoms with Gasteiger partial charge in [0, 0.05) is 6.42 Å². The third-order valence-electron chi connectivity index (χ3n) is 6.66. The van der Waals surface area contributed by atoms with Crippen LogP contribution in [-0.4, -0.2) is 19.7 Å². The number of carbonyl (C=O) groups is 1. The molecule has 0 spiro atoms. The Morgan fingerprint density at radius 1 is 0.765 bits per heavy atom. The van der Waals surface area contributed by atoms with Crippen LogP contribution < -0.4 is 4.74 Å². The molecule has 0 N–H and O–H groups in total. The largest absolute Gasteiger partial charge is 0.496 e. The number of hydrogen-bond acceptors (Lipinski definition) is 3. The molecule has 0 amide bonds. The molecule has 3 nitrogen and oxygen atoms in total. The van der Waals surface area contributed by atoms with Crippen molar-refractivity contribution in [1.29, 1.82) is 0 Å². The van der Waals surface area contributed by atoms with Crippen LogP contribution in [0.4, 0.5) is 0 Å². The summed E-state index contributed by atoms with van der Waals surface area (Å²) in [5, 5.41) is 0. The number of benzene rings is 2. The summed E-state index contributed by atoms with van der Waals surface area (Å²) in [7, 11) is 1.70. The van der Waals surface area contributed by atoms with Gasteiger partial charge in [0.25, 0.3) is 0 Å². The first kappa shape index (κ1) is 28.0. The van der Waals surface area contributed by atoms with E-state index in [0.717, 1.165) is 23.3 Å². The maximum Gasteiger partial charge on any atom is 0.338 e. The monoisotopic (exact) mass is 466 g/mol. The fourth-order valence-electron chi connectivity index (χ4n) is 4.49. The van der Waals surface area contributed by atoms with E-state index in [-0.39, 0.29) is 5.97 Å². The number of unbranched alkanes of at least 4 members (excludes halogenated alkanes) is 8. The highest BCUT2D eigenvalue weighted by atomic mass is 16.5. The molecular weight excluding hydrogens is 420 g/mol. The van der Waals surface area contributed by atoms with Crippen LogP contribution in [0, 0.1) is 5.92 Å². The van der Waals surface area contributed by atoms with E-state index in [9.17, 15) is 4.79 Å². The van der Waals surface area contributed by atoms with Gasteiger partial charge in [-0.25, -0.2) is 4.79 Å². The second kappa shape index (κ2) is 17.2. The van der Waals surface area contributed by atoms with Crippen LogP contribution in [0.25, 0.3) is 0 Å². The molecule has 0 bridgehead atoms. The van der Waals surface area contributed by atoms with Gasteiger partial charge in [0.2, 0.25) is 0 Å². The number of para-hydroxylation sites is 1. The van der Waals surface area contributed by atoms with Gasteiger partial charge in [-0.3, -0.25) is 0 Å². The fraction of sp³-hybridized carbons (Fsp3) is 0.581. The highest BCUT2D eigenvalue weighted by Gasteiger charge is 2.14. The van der Waals surface area contributed by atoms with Crippen molar-refractivity contribution in [2.75, 3.05) is 13.7 Å². The van der Waals surface area contributed by atoms with Crippen LogP contribution in [0.5, 0.6) is 5.75 Å². The predicted molar refractivity (Wildman–Crippen MR) is 143 cm³/mol. The molecule has 0 radical (unpaired) electrons. The van der Waals surface area contributed by atoms with Crippen LogP contribution in [0.15, 0.2) is 48.5 Å². The summed E-state index contributed by atoms with van der Waals surface area (Å²) in [5.41, 5.74) is 2.92. The quantitative estimate of drug-likeness (QED) is 0.163. The van der Waals surface area contributed by atoms with E-state index in [1.54, 1.807) is 7.11 Å². The first-order valence-corrected chi connectivity index (χ1v) is 13.6. The average Bonchev–Trinajstić information content (AvgIpc) is 2.87. The minimum Gasteiger partial charge on any atom is -0.496 e. The molecule has 1 atom stereocenters. The lowest BCUT2D eigenvalue weighted by atomic mass is 9.95. The average molecular weight is 467 g/mol. The first-order chi connectivity index (χ1) is 16.7. The number of hydrogen-bond donors (Lipinski definition) is 0. The Bertz CT molecular complexity index is 797. The summed E-state index contributed by atoms with van der Waals surface area (Å²) in [6.07, 6.45) is 16.0. The van der Waals surface area contributed by atoms with E-state index < -0.39 is 0 Å². The van der Waals surface area contributed by atoms with Gasteiger partial charge in [-0.15, -0.1) is 0 Å². The number of carbonyl (C=O) groups excluding carboxylic acids is 1. The van der Waals surface area contributed by atoms with E-state index in [4.69, 9.17) is 9.47 Å². The molecule has 2 aromatic rings. The van der Waals surface area contributed by atoms with Crippen LogP contribution >= 0.6 is 0 Å². The molecular formula is C31H46O3.